The maximum absolute atomic E-state index is 12.6. The third kappa shape index (κ3) is 2.93. The van der Waals surface area contributed by atoms with Crippen molar-refractivity contribution in [3.63, 3.8) is 0 Å². The number of carbonyl (C=O) groups is 1. The molecule has 3 aromatic heterocycles. The van der Waals surface area contributed by atoms with Crippen LogP contribution in [0.5, 0.6) is 0 Å². The summed E-state index contributed by atoms with van der Waals surface area (Å²) in [5, 5.41) is 9.75. The lowest BCUT2D eigenvalue weighted by atomic mass is 10.2. The van der Waals surface area contributed by atoms with Gasteiger partial charge in [0, 0.05) is 23.0 Å². The fourth-order valence-electron chi connectivity index (χ4n) is 3.00. The van der Waals surface area contributed by atoms with Crippen LogP contribution >= 0.6 is 23.1 Å². The number of aromatic nitrogens is 4. The number of nitrogens with zero attached hydrogens (tertiary/aromatic N) is 3. The van der Waals surface area contributed by atoms with Crippen molar-refractivity contribution in [1.82, 2.24) is 19.7 Å². The van der Waals surface area contributed by atoms with Gasteiger partial charge in [0.2, 0.25) is 5.16 Å². The first-order chi connectivity index (χ1) is 11.6. The van der Waals surface area contributed by atoms with E-state index in [2.05, 4.69) is 26.7 Å². The van der Waals surface area contributed by atoms with Gasteiger partial charge in [-0.05, 0) is 44.2 Å². The molecule has 1 fully saturated rings. The minimum atomic E-state index is 0.141. The van der Waals surface area contributed by atoms with E-state index in [1.165, 1.54) is 30.3 Å². The summed E-state index contributed by atoms with van der Waals surface area (Å²) in [5.74, 6) is 1.26. The summed E-state index contributed by atoms with van der Waals surface area (Å²) in [6.07, 6.45) is 2.45. The molecule has 0 bridgehead atoms. The zero-order valence-corrected chi connectivity index (χ0v) is 15.2. The van der Waals surface area contributed by atoms with Gasteiger partial charge in [0.1, 0.15) is 0 Å². The van der Waals surface area contributed by atoms with Crippen molar-refractivity contribution in [2.24, 2.45) is 0 Å². The van der Waals surface area contributed by atoms with Gasteiger partial charge >= 0.3 is 0 Å². The van der Waals surface area contributed by atoms with E-state index >= 15 is 0 Å². The molecule has 0 aliphatic heterocycles. The van der Waals surface area contributed by atoms with E-state index in [1.807, 2.05) is 30.5 Å². The van der Waals surface area contributed by atoms with Gasteiger partial charge in [0.25, 0.3) is 0 Å². The van der Waals surface area contributed by atoms with Crippen molar-refractivity contribution in [1.29, 1.82) is 0 Å². The molecule has 0 unspecified atom stereocenters. The maximum atomic E-state index is 12.6. The van der Waals surface area contributed by atoms with Crippen molar-refractivity contribution in [3.8, 4) is 10.7 Å². The first kappa shape index (κ1) is 15.7. The summed E-state index contributed by atoms with van der Waals surface area (Å²) < 4.78 is 2.31. The van der Waals surface area contributed by atoms with E-state index < -0.39 is 0 Å². The molecule has 3 heterocycles. The lowest BCUT2D eigenvalue weighted by Crippen LogP contribution is -2.06. The van der Waals surface area contributed by atoms with Crippen LogP contribution in [0.4, 0.5) is 0 Å². The van der Waals surface area contributed by atoms with Gasteiger partial charge in [0.05, 0.1) is 10.6 Å². The number of H-pyrrole nitrogens is 1. The predicted octanol–water partition coefficient (Wildman–Crippen LogP) is 4.26. The molecule has 0 amide bonds. The molecule has 0 spiro atoms. The second kappa shape index (κ2) is 6.22. The normalized spacial score (nSPS) is 14.2. The number of hydrogen-bond donors (Lipinski definition) is 1. The van der Waals surface area contributed by atoms with Crippen LogP contribution in [-0.2, 0) is 0 Å². The van der Waals surface area contributed by atoms with Crippen molar-refractivity contribution in [2.75, 3.05) is 5.75 Å². The molecule has 1 saturated carbocycles. The number of nitrogens with one attached hydrogen (secondary N) is 1. The van der Waals surface area contributed by atoms with Crippen LogP contribution in [0.25, 0.3) is 10.7 Å². The summed E-state index contributed by atoms with van der Waals surface area (Å²) in [7, 11) is 0. The third-order valence-corrected chi connectivity index (χ3v) is 5.97. The Morgan fingerprint density at radius 2 is 2.29 bits per heavy atom. The molecule has 0 aromatic carbocycles. The number of Topliss-reactive ketones (excluding diaryl/α,β-unsaturated/α-hetero) is 1. The Kier molecular flexibility index (Phi) is 4.05. The Labute approximate surface area is 148 Å². The summed E-state index contributed by atoms with van der Waals surface area (Å²) >= 11 is 2.99. The van der Waals surface area contributed by atoms with Gasteiger partial charge in [-0.15, -0.1) is 16.4 Å². The van der Waals surface area contributed by atoms with E-state index in [9.17, 15) is 4.79 Å². The Morgan fingerprint density at radius 3 is 3.00 bits per heavy atom. The molecular weight excluding hydrogens is 340 g/mol. The number of ketones is 1. The van der Waals surface area contributed by atoms with Crippen LogP contribution in [0.3, 0.4) is 0 Å². The summed E-state index contributed by atoms with van der Waals surface area (Å²) in [6, 6.07) is 6.60. The minimum Gasteiger partial charge on any atom is -0.345 e. The molecular formula is C17H18N4OS2. The number of rotatable bonds is 6. The van der Waals surface area contributed by atoms with Gasteiger partial charge in [-0.1, -0.05) is 17.8 Å². The summed E-state index contributed by atoms with van der Waals surface area (Å²) in [5.41, 5.74) is 3.11. The van der Waals surface area contributed by atoms with Crippen LogP contribution in [0.15, 0.2) is 28.7 Å². The van der Waals surface area contributed by atoms with E-state index in [0.717, 1.165) is 22.0 Å². The number of thioether (sulfide) groups is 1. The average molecular weight is 358 g/mol. The van der Waals surface area contributed by atoms with Crippen LogP contribution in [0.1, 0.15) is 40.6 Å². The number of aryl methyl sites for hydroxylation is 1. The first-order valence-electron chi connectivity index (χ1n) is 7.94. The molecule has 1 N–H and O–H groups in total. The first-order valence-corrected chi connectivity index (χ1v) is 9.80. The highest BCUT2D eigenvalue weighted by atomic mass is 32.2. The van der Waals surface area contributed by atoms with Gasteiger partial charge in [-0.3, -0.25) is 9.89 Å². The van der Waals surface area contributed by atoms with Gasteiger partial charge in [-0.25, -0.2) is 4.98 Å². The molecule has 5 nitrogen and oxygen atoms in total. The fourth-order valence-corrected chi connectivity index (χ4v) is 4.34. The van der Waals surface area contributed by atoms with Gasteiger partial charge in [-0.2, -0.15) is 0 Å². The zero-order chi connectivity index (χ0) is 16.7. The molecule has 4 rings (SSSR count). The lowest BCUT2D eigenvalue weighted by molar-refractivity contribution is 0.102. The fraction of sp³-hybridized carbons (Fsp3) is 0.353. The standard InChI is InChI=1S/C17H18N4OS2/c1-10-8-13(11(2)21(10)12-5-6-12)14(22)9-24-17-18-16(19-20-17)15-4-3-7-23-15/h3-4,7-8,12H,5-6,9H2,1-2H3,(H,18,19,20). The number of hydrogen-bond acceptors (Lipinski definition) is 5. The quantitative estimate of drug-likeness (QED) is 0.528. The molecule has 3 aromatic rings. The second-order valence-electron chi connectivity index (χ2n) is 6.04. The topological polar surface area (TPSA) is 63.6 Å². The molecule has 0 atom stereocenters. The molecule has 124 valence electrons. The zero-order valence-electron chi connectivity index (χ0n) is 13.6. The SMILES string of the molecule is Cc1cc(C(=O)CSc2n[nH]c(-c3cccs3)n2)c(C)n1C1CC1. The number of carbonyl (C=O) groups excluding carboxylic acids is 1. The van der Waals surface area contributed by atoms with E-state index in [0.29, 0.717) is 17.0 Å². The minimum absolute atomic E-state index is 0.141. The number of thiophene rings is 1. The molecule has 7 heteroatoms. The second-order valence-corrected chi connectivity index (χ2v) is 7.93. The Morgan fingerprint density at radius 1 is 1.46 bits per heavy atom. The van der Waals surface area contributed by atoms with Crippen LogP contribution in [0.2, 0.25) is 0 Å². The average Bonchev–Trinajstić information content (AvgIpc) is 3.01. The largest absolute Gasteiger partial charge is 0.345 e. The van der Waals surface area contributed by atoms with Gasteiger partial charge in [0.15, 0.2) is 11.6 Å². The van der Waals surface area contributed by atoms with Crippen molar-refractivity contribution < 1.29 is 4.79 Å². The summed E-state index contributed by atoms with van der Waals surface area (Å²) in [6.45, 7) is 4.13. The smallest absolute Gasteiger partial charge is 0.209 e. The lowest BCUT2D eigenvalue weighted by Gasteiger charge is -2.07. The van der Waals surface area contributed by atoms with Gasteiger partial charge < -0.3 is 4.57 Å². The molecule has 24 heavy (non-hydrogen) atoms. The molecule has 1 aliphatic carbocycles. The molecule has 0 radical (unpaired) electrons. The highest BCUT2D eigenvalue weighted by Crippen LogP contribution is 2.38. The molecule has 1 aliphatic rings. The van der Waals surface area contributed by atoms with Crippen molar-refractivity contribution in [3.05, 3.63) is 40.5 Å². The highest BCUT2D eigenvalue weighted by molar-refractivity contribution is 7.99. The highest BCUT2D eigenvalue weighted by Gasteiger charge is 2.28. The monoisotopic (exact) mass is 358 g/mol. The predicted molar refractivity (Wildman–Crippen MR) is 96.9 cm³/mol. The molecule has 0 saturated heterocycles. The Hall–Kier alpha value is -1.86. The van der Waals surface area contributed by atoms with Crippen LogP contribution in [-0.4, -0.2) is 31.3 Å². The van der Waals surface area contributed by atoms with Crippen LogP contribution < -0.4 is 0 Å². The van der Waals surface area contributed by atoms with E-state index in [4.69, 9.17) is 0 Å². The van der Waals surface area contributed by atoms with E-state index in [1.54, 1.807) is 11.3 Å². The van der Waals surface area contributed by atoms with Crippen molar-refractivity contribution >= 4 is 28.9 Å². The van der Waals surface area contributed by atoms with E-state index in [-0.39, 0.29) is 5.78 Å². The van der Waals surface area contributed by atoms with Crippen molar-refractivity contribution in [2.45, 2.75) is 37.9 Å². The third-order valence-electron chi connectivity index (χ3n) is 4.25. The maximum Gasteiger partial charge on any atom is 0.209 e. The summed E-state index contributed by atoms with van der Waals surface area (Å²) in [4.78, 5) is 18.1. The number of aromatic amines is 1. The Bertz CT molecular complexity index is 875. The van der Waals surface area contributed by atoms with Crippen LogP contribution in [0, 0.1) is 13.8 Å². The Balaban J connectivity index is 1.44.